The standard InChI is InChI=1S/C15H25FN2O/c1-11(2)13(9-17-3)10-18-8-12-5-6-15(19-4)14(16)7-12/h5-7,11,13,17-18H,8-10H2,1-4H3. The fourth-order valence-corrected chi connectivity index (χ4v) is 2.03. The second-order valence-electron chi connectivity index (χ2n) is 5.16. The number of methoxy groups -OCH3 is 1. The van der Waals surface area contributed by atoms with Gasteiger partial charge >= 0.3 is 0 Å². The number of benzene rings is 1. The Bertz CT molecular complexity index is 382. The number of halogens is 1. The van der Waals surface area contributed by atoms with E-state index in [4.69, 9.17) is 4.74 Å². The molecule has 1 rings (SSSR count). The van der Waals surface area contributed by atoms with Crippen LogP contribution < -0.4 is 15.4 Å². The second-order valence-corrected chi connectivity index (χ2v) is 5.16. The maximum absolute atomic E-state index is 13.5. The molecule has 108 valence electrons. The van der Waals surface area contributed by atoms with E-state index in [1.165, 1.54) is 13.2 Å². The van der Waals surface area contributed by atoms with E-state index in [0.29, 0.717) is 24.1 Å². The molecule has 0 aliphatic carbocycles. The van der Waals surface area contributed by atoms with Crippen LogP contribution in [0.3, 0.4) is 0 Å². The number of hydrogen-bond acceptors (Lipinski definition) is 3. The summed E-state index contributed by atoms with van der Waals surface area (Å²) in [6, 6.07) is 5.07. The fraction of sp³-hybridized carbons (Fsp3) is 0.600. The van der Waals surface area contributed by atoms with Gasteiger partial charge in [-0.1, -0.05) is 19.9 Å². The third kappa shape index (κ3) is 5.17. The highest BCUT2D eigenvalue weighted by atomic mass is 19.1. The van der Waals surface area contributed by atoms with Crippen molar-refractivity contribution in [2.45, 2.75) is 20.4 Å². The van der Waals surface area contributed by atoms with Crippen molar-refractivity contribution in [1.29, 1.82) is 0 Å². The molecule has 0 saturated carbocycles. The first-order chi connectivity index (χ1) is 9.08. The summed E-state index contributed by atoms with van der Waals surface area (Å²) >= 11 is 0. The van der Waals surface area contributed by atoms with Gasteiger partial charge in [0.25, 0.3) is 0 Å². The molecule has 0 heterocycles. The van der Waals surface area contributed by atoms with E-state index in [2.05, 4.69) is 24.5 Å². The second kappa shape index (κ2) is 8.12. The molecule has 0 aromatic heterocycles. The molecule has 0 amide bonds. The van der Waals surface area contributed by atoms with Gasteiger partial charge in [0.15, 0.2) is 11.6 Å². The lowest BCUT2D eigenvalue weighted by atomic mass is 9.96. The molecule has 3 nitrogen and oxygen atoms in total. The van der Waals surface area contributed by atoms with Crippen LogP contribution in [0.25, 0.3) is 0 Å². The minimum Gasteiger partial charge on any atom is -0.494 e. The van der Waals surface area contributed by atoms with Gasteiger partial charge in [-0.15, -0.1) is 0 Å². The predicted octanol–water partition coefficient (Wildman–Crippen LogP) is 2.42. The van der Waals surface area contributed by atoms with E-state index in [1.807, 2.05) is 13.1 Å². The quantitative estimate of drug-likeness (QED) is 0.759. The van der Waals surface area contributed by atoms with Crippen LogP contribution >= 0.6 is 0 Å². The topological polar surface area (TPSA) is 33.3 Å². The van der Waals surface area contributed by atoms with Gasteiger partial charge in [0, 0.05) is 6.54 Å². The average Bonchev–Trinajstić information content (AvgIpc) is 2.37. The van der Waals surface area contributed by atoms with Crippen LogP contribution in [-0.2, 0) is 6.54 Å². The van der Waals surface area contributed by atoms with Crippen molar-refractivity contribution in [2.24, 2.45) is 11.8 Å². The Balaban J connectivity index is 2.46. The Morgan fingerprint density at radius 3 is 2.53 bits per heavy atom. The molecule has 19 heavy (non-hydrogen) atoms. The smallest absolute Gasteiger partial charge is 0.165 e. The monoisotopic (exact) mass is 268 g/mol. The Labute approximate surface area is 115 Å². The van der Waals surface area contributed by atoms with Gasteiger partial charge in [0.2, 0.25) is 0 Å². The maximum atomic E-state index is 13.5. The maximum Gasteiger partial charge on any atom is 0.165 e. The first-order valence-corrected chi connectivity index (χ1v) is 6.76. The molecule has 0 spiro atoms. The van der Waals surface area contributed by atoms with E-state index in [-0.39, 0.29) is 5.82 Å². The number of ether oxygens (including phenoxy) is 1. The zero-order chi connectivity index (χ0) is 14.3. The van der Waals surface area contributed by atoms with Crippen LogP contribution in [0.5, 0.6) is 5.75 Å². The summed E-state index contributed by atoms with van der Waals surface area (Å²) in [5.74, 6) is 1.18. The van der Waals surface area contributed by atoms with Gasteiger partial charge in [-0.05, 0) is 49.7 Å². The summed E-state index contributed by atoms with van der Waals surface area (Å²) in [5.41, 5.74) is 0.935. The molecule has 4 heteroatoms. The van der Waals surface area contributed by atoms with E-state index in [0.717, 1.165) is 18.7 Å². The highest BCUT2D eigenvalue weighted by Gasteiger charge is 2.12. The molecule has 0 bridgehead atoms. The first kappa shape index (κ1) is 15.9. The molecule has 0 aliphatic heterocycles. The van der Waals surface area contributed by atoms with Gasteiger partial charge in [-0.2, -0.15) is 0 Å². The van der Waals surface area contributed by atoms with Gasteiger partial charge in [0.05, 0.1) is 7.11 Å². The van der Waals surface area contributed by atoms with Crippen LogP contribution in [0.1, 0.15) is 19.4 Å². The van der Waals surface area contributed by atoms with E-state index in [9.17, 15) is 4.39 Å². The summed E-state index contributed by atoms with van der Waals surface area (Å²) in [7, 11) is 3.44. The van der Waals surface area contributed by atoms with Crippen LogP contribution in [0, 0.1) is 17.7 Å². The van der Waals surface area contributed by atoms with Crippen molar-refractivity contribution < 1.29 is 9.13 Å². The summed E-state index contributed by atoms with van der Waals surface area (Å²) in [6.07, 6.45) is 0. The lowest BCUT2D eigenvalue weighted by molar-refractivity contribution is 0.352. The van der Waals surface area contributed by atoms with E-state index in [1.54, 1.807) is 6.07 Å². The molecule has 1 unspecified atom stereocenters. The normalized spacial score (nSPS) is 12.7. The van der Waals surface area contributed by atoms with Crippen LogP contribution in [-0.4, -0.2) is 27.2 Å². The molecule has 0 fully saturated rings. The Kier molecular flexibility index (Phi) is 6.81. The van der Waals surface area contributed by atoms with Crippen molar-refractivity contribution in [3.63, 3.8) is 0 Å². The third-order valence-electron chi connectivity index (χ3n) is 3.36. The molecule has 1 aromatic carbocycles. The highest BCUT2D eigenvalue weighted by molar-refractivity contribution is 5.29. The molecular formula is C15H25FN2O. The number of nitrogens with one attached hydrogen (secondary N) is 2. The lowest BCUT2D eigenvalue weighted by Crippen LogP contribution is -2.32. The van der Waals surface area contributed by atoms with Gasteiger partial charge in [-0.25, -0.2) is 4.39 Å². The molecule has 1 atom stereocenters. The molecule has 2 N–H and O–H groups in total. The minimum absolute atomic E-state index is 0.291. The Hall–Kier alpha value is -1.13. The van der Waals surface area contributed by atoms with Crippen molar-refractivity contribution >= 4 is 0 Å². The van der Waals surface area contributed by atoms with Gasteiger partial charge in [0.1, 0.15) is 0 Å². The Morgan fingerprint density at radius 1 is 1.26 bits per heavy atom. The van der Waals surface area contributed by atoms with Crippen molar-refractivity contribution in [1.82, 2.24) is 10.6 Å². The van der Waals surface area contributed by atoms with Crippen LogP contribution in [0.15, 0.2) is 18.2 Å². The fourth-order valence-electron chi connectivity index (χ4n) is 2.03. The lowest BCUT2D eigenvalue weighted by Gasteiger charge is -2.21. The molecule has 0 aliphatic rings. The largest absolute Gasteiger partial charge is 0.494 e. The summed E-state index contributed by atoms with van der Waals surface area (Å²) in [6.45, 7) is 7.02. The summed E-state index contributed by atoms with van der Waals surface area (Å²) < 4.78 is 18.4. The molecule has 0 saturated heterocycles. The predicted molar refractivity (Wildman–Crippen MR) is 76.9 cm³/mol. The molecular weight excluding hydrogens is 243 g/mol. The van der Waals surface area contributed by atoms with Crippen molar-refractivity contribution in [3.05, 3.63) is 29.6 Å². The summed E-state index contributed by atoms with van der Waals surface area (Å²) in [5, 5.41) is 6.59. The zero-order valence-electron chi connectivity index (χ0n) is 12.3. The van der Waals surface area contributed by atoms with Gasteiger partial charge in [-0.3, -0.25) is 0 Å². The third-order valence-corrected chi connectivity index (χ3v) is 3.36. The van der Waals surface area contributed by atoms with Gasteiger partial charge < -0.3 is 15.4 Å². The molecule has 0 radical (unpaired) electrons. The van der Waals surface area contributed by atoms with Crippen molar-refractivity contribution in [2.75, 3.05) is 27.2 Å². The molecule has 1 aromatic rings. The van der Waals surface area contributed by atoms with Crippen LogP contribution in [0.2, 0.25) is 0 Å². The summed E-state index contributed by atoms with van der Waals surface area (Å²) in [4.78, 5) is 0. The van der Waals surface area contributed by atoms with Crippen molar-refractivity contribution in [3.8, 4) is 5.75 Å². The number of rotatable bonds is 8. The number of hydrogen-bond donors (Lipinski definition) is 2. The average molecular weight is 268 g/mol. The SMILES string of the molecule is CNCC(CNCc1ccc(OC)c(F)c1)C(C)C. The first-order valence-electron chi connectivity index (χ1n) is 6.76. The van der Waals surface area contributed by atoms with E-state index >= 15 is 0 Å². The highest BCUT2D eigenvalue weighted by Crippen LogP contribution is 2.17. The minimum atomic E-state index is -0.308. The Morgan fingerprint density at radius 2 is 2.00 bits per heavy atom. The zero-order valence-corrected chi connectivity index (χ0v) is 12.3. The van der Waals surface area contributed by atoms with Crippen LogP contribution in [0.4, 0.5) is 4.39 Å². The van der Waals surface area contributed by atoms with E-state index < -0.39 is 0 Å².